The lowest BCUT2D eigenvalue weighted by molar-refractivity contribution is -0.527. The first-order valence-corrected chi connectivity index (χ1v) is 4.36. The minimum absolute atomic E-state index is 4.19. The second-order valence-corrected chi connectivity index (χ2v) is 3.58. The van der Waals surface area contributed by atoms with Crippen molar-refractivity contribution in [3.63, 3.8) is 0 Å². The molecule has 0 saturated carbocycles. The minimum atomic E-state index is -7.49. The summed E-state index contributed by atoms with van der Waals surface area (Å²) < 4.78 is 149. The van der Waals surface area contributed by atoms with Crippen molar-refractivity contribution >= 4 is 0 Å². The van der Waals surface area contributed by atoms with E-state index in [0.717, 1.165) is 0 Å². The number of alkyl halides is 12. The zero-order valence-electron chi connectivity index (χ0n) is 9.32. The van der Waals surface area contributed by atoms with Gasteiger partial charge in [0.05, 0.1) is 0 Å². The highest BCUT2D eigenvalue weighted by Crippen LogP contribution is 2.53. The van der Waals surface area contributed by atoms with E-state index in [1.165, 1.54) is 0 Å². The molecule has 0 aliphatic rings. The molecule has 0 aliphatic heterocycles. The Morgan fingerprint density at radius 3 is 0.636 bits per heavy atom. The average molecular weight is 365 g/mol. The van der Waals surface area contributed by atoms with E-state index in [-0.39, 0.29) is 0 Å². The van der Waals surface area contributed by atoms with E-state index in [2.05, 4.69) is 0 Å². The van der Waals surface area contributed by atoms with Crippen LogP contribution in [-0.4, -0.2) is 56.7 Å². The zero-order chi connectivity index (χ0) is 18.6. The van der Waals surface area contributed by atoms with Crippen molar-refractivity contribution < 1.29 is 68.0 Å². The Labute approximate surface area is 111 Å². The van der Waals surface area contributed by atoms with Crippen molar-refractivity contribution in [3.8, 4) is 0 Å². The van der Waals surface area contributed by atoms with Gasteiger partial charge in [0, 0.05) is 0 Å². The Morgan fingerprint density at radius 2 is 0.545 bits per heavy atom. The predicted molar refractivity (Wildman–Crippen MR) is 38.2 cm³/mol. The van der Waals surface area contributed by atoms with Crippen molar-refractivity contribution in [3.05, 3.63) is 0 Å². The Kier molecular flexibility index (Phi) is 4.77. The molecule has 0 saturated heterocycles. The molecule has 0 aromatic carbocycles. The summed E-state index contributed by atoms with van der Waals surface area (Å²) in [5, 5.41) is 22.6. The third-order valence-corrected chi connectivity index (χ3v) is 1.93. The maximum Gasteiger partial charge on any atom is 0.432 e. The van der Waals surface area contributed by atoms with Crippen LogP contribution in [0.4, 0.5) is 52.7 Å². The first kappa shape index (κ1) is 21.0. The van der Waals surface area contributed by atoms with Gasteiger partial charge in [-0.25, -0.2) is 0 Å². The Hall–Kier alpha value is -1.00. The van der Waals surface area contributed by atoms with E-state index >= 15 is 0 Å². The number of hydrogen-bond donors (Lipinski definition) is 3. The molecule has 0 aromatic heterocycles. The summed E-state index contributed by atoms with van der Waals surface area (Å²) in [6.07, 6.45) is -21.0. The van der Waals surface area contributed by atoms with Crippen LogP contribution in [0.1, 0.15) is 0 Å². The van der Waals surface area contributed by atoms with Crippen LogP contribution in [-0.2, 0) is 0 Å². The van der Waals surface area contributed by atoms with Gasteiger partial charge >= 0.3 is 36.5 Å². The Morgan fingerprint density at radius 1 is 0.409 bits per heavy atom. The van der Waals surface area contributed by atoms with E-state index in [4.69, 9.17) is 15.3 Å². The summed E-state index contributed by atoms with van der Waals surface area (Å²) in [5.74, 6) is 0. The standard InChI is InChI=1S/C6H3F12NO3/c7-1(8,4(13,14)20)19(2(9,10)5(15,16)21)3(11,12)6(17,18)22/h20-22H. The van der Waals surface area contributed by atoms with E-state index in [9.17, 15) is 52.7 Å². The predicted octanol–water partition coefficient (Wildman–Crippen LogP) is 1.82. The fourth-order valence-corrected chi connectivity index (χ4v) is 0.933. The van der Waals surface area contributed by atoms with Gasteiger partial charge in [0.1, 0.15) is 0 Å². The lowest BCUT2D eigenvalue weighted by atomic mass is 10.2. The molecule has 0 rings (SSSR count). The normalized spacial score (nSPS) is 16.4. The molecule has 0 amide bonds. The molecule has 0 heterocycles. The van der Waals surface area contributed by atoms with Crippen LogP contribution in [0.5, 0.6) is 0 Å². The van der Waals surface area contributed by atoms with Gasteiger partial charge in [-0.3, -0.25) is 0 Å². The molecule has 0 radical (unpaired) electrons. The van der Waals surface area contributed by atoms with E-state index in [1.54, 1.807) is 0 Å². The van der Waals surface area contributed by atoms with Gasteiger partial charge in [0.15, 0.2) is 0 Å². The van der Waals surface area contributed by atoms with Crippen LogP contribution in [0.15, 0.2) is 0 Å². The SMILES string of the molecule is OC(F)(F)C(F)(F)N(C(F)(F)C(O)(F)F)C(F)(F)C(O)(F)F. The second-order valence-electron chi connectivity index (χ2n) is 3.58. The van der Waals surface area contributed by atoms with E-state index in [1.807, 2.05) is 0 Å². The Balaban J connectivity index is 6.53. The van der Waals surface area contributed by atoms with Crippen LogP contribution < -0.4 is 0 Å². The highest BCUT2D eigenvalue weighted by molar-refractivity contribution is 4.94. The molecule has 22 heavy (non-hydrogen) atoms. The maximum absolute atomic E-state index is 12.7. The molecule has 0 aromatic rings. The van der Waals surface area contributed by atoms with Gasteiger partial charge in [-0.05, 0) is 0 Å². The summed E-state index contributed by atoms with van der Waals surface area (Å²) >= 11 is 0. The van der Waals surface area contributed by atoms with Gasteiger partial charge in [-0.15, -0.1) is 0 Å². The molecule has 0 atom stereocenters. The van der Waals surface area contributed by atoms with Gasteiger partial charge in [-0.1, -0.05) is 4.90 Å². The molecule has 134 valence electrons. The number of hydrogen-bond acceptors (Lipinski definition) is 4. The van der Waals surface area contributed by atoms with Crippen LogP contribution in [0.25, 0.3) is 0 Å². The maximum atomic E-state index is 12.7. The van der Waals surface area contributed by atoms with Crippen molar-refractivity contribution in [2.24, 2.45) is 0 Å². The number of halogens is 12. The molecule has 3 N–H and O–H groups in total. The number of aliphatic hydroxyl groups is 3. The molecular weight excluding hydrogens is 362 g/mol. The molecule has 0 fully saturated rings. The van der Waals surface area contributed by atoms with Crippen LogP contribution in [0.3, 0.4) is 0 Å². The van der Waals surface area contributed by atoms with Crippen LogP contribution in [0.2, 0.25) is 0 Å². The highest BCUT2D eigenvalue weighted by atomic mass is 19.4. The van der Waals surface area contributed by atoms with Crippen LogP contribution >= 0.6 is 0 Å². The summed E-state index contributed by atoms with van der Waals surface area (Å²) in [6.45, 7) is 0. The van der Waals surface area contributed by atoms with Gasteiger partial charge in [0.2, 0.25) is 0 Å². The van der Waals surface area contributed by atoms with Crippen molar-refractivity contribution in [2.45, 2.75) is 36.5 Å². The van der Waals surface area contributed by atoms with Gasteiger partial charge in [-0.2, -0.15) is 52.7 Å². The number of rotatable bonds is 6. The number of nitrogens with zero attached hydrogens (tertiary/aromatic N) is 1. The average Bonchev–Trinajstić information content (AvgIpc) is 2.09. The molecule has 4 nitrogen and oxygen atoms in total. The van der Waals surface area contributed by atoms with Crippen LogP contribution in [0, 0.1) is 0 Å². The minimum Gasteiger partial charge on any atom is -0.330 e. The summed E-state index contributed by atoms with van der Waals surface area (Å²) in [4.78, 5) is -4.19. The largest absolute Gasteiger partial charge is 0.432 e. The lowest BCUT2D eigenvalue weighted by Gasteiger charge is -2.43. The topological polar surface area (TPSA) is 63.9 Å². The third-order valence-electron chi connectivity index (χ3n) is 1.93. The van der Waals surface area contributed by atoms with E-state index < -0.39 is 41.4 Å². The van der Waals surface area contributed by atoms with Crippen molar-refractivity contribution in [1.82, 2.24) is 4.90 Å². The van der Waals surface area contributed by atoms with Crippen molar-refractivity contribution in [1.29, 1.82) is 0 Å². The fraction of sp³-hybridized carbons (Fsp3) is 1.00. The third kappa shape index (κ3) is 3.18. The van der Waals surface area contributed by atoms with Gasteiger partial charge in [0.25, 0.3) is 0 Å². The second kappa shape index (κ2) is 5.00. The van der Waals surface area contributed by atoms with E-state index in [0.29, 0.717) is 0 Å². The summed E-state index contributed by atoms with van der Waals surface area (Å²) in [5.41, 5.74) is 0. The van der Waals surface area contributed by atoms with Crippen molar-refractivity contribution in [2.75, 3.05) is 0 Å². The molecule has 0 bridgehead atoms. The first-order chi connectivity index (χ1) is 9.12. The molecule has 0 spiro atoms. The molecule has 16 heteroatoms. The quantitative estimate of drug-likeness (QED) is 0.497. The summed E-state index contributed by atoms with van der Waals surface area (Å²) in [7, 11) is 0. The first-order valence-electron chi connectivity index (χ1n) is 4.36. The zero-order valence-corrected chi connectivity index (χ0v) is 9.32. The highest BCUT2D eigenvalue weighted by Gasteiger charge is 2.83. The fourth-order valence-electron chi connectivity index (χ4n) is 0.933. The lowest BCUT2D eigenvalue weighted by Crippen LogP contribution is -2.74. The Bertz CT molecular complexity index is 345. The summed E-state index contributed by atoms with van der Waals surface area (Å²) in [6, 6.07) is -22.5. The molecular formula is C6H3F12NO3. The monoisotopic (exact) mass is 365 g/mol. The van der Waals surface area contributed by atoms with Gasteiger partial charge < -0.3 is 15.3 Å². The smallest absolute Gasteiger partial charge is 0.330 e. The molecule has 0 aliphatic carbocycles. The molecule has 0 unspecified atom stereocenters.